The molecule has 0 aliphatic heterocycles. The zero-order valence-electron chi connectivity index (χ0n) is 7.72. The van der Waals surface area contributed by atoms with Crippen molar-refractivity contribution in [2.75, 3.05) is 5.73 Å². The monoisotopic (exact) mass is 262 g/mol. The first-order valence-corrected chi connectivity index (χ1v) is 5.40. The van der Waals surface area contributed by atoms with E-state index in [4.69, 9.17) is 5.73 Å². The van der Waals surface area contributed by atoms with Crippen LogP contribution in [0.4, 0.5) is 5.13 Å². The topological polar surface area (TPSA) is 56.0 Å². The fourth-order valence-electron chi connectivity index (χ4n) is 0.798. The van der Waals surface area contributed by atoms with E-state index in [1.54, 1.807) is 0 Å². The van der Waals surface area contributed by atoms with Crippen LogP contribution in [-0.4, -0.2) is 10.8 Å². The Morgan fingerprint density at radius 3 is 2.38 bits per heavy atom. The molecule has 0 aliphatic rings. The van der Waals surface area contributed by atoms with E-state index in [1.165, 1.54) is 11.3 Å². The molecule has 72 valence electrons. The molecule has 3 nitrogen and oxygen atoms in total. The summed E-state index contributed by atoms with van der Waals surface area (Å²) in [6, 6.07) is 0. The van der Waals surface area contributed by atoms with Gasteiger partial charge in [0, 0.05) is 5.41 Å². The van der Waals surface area contributed by atoms with Gasteiger partial charge >= 0.3 is 0 Å². The summed E-state index contributed by atoms with van der Waals surface area (Å²) in [5.74, 6) is 0.0635. The zero-order chi connectivity index (χ0) is 10.2. The third-order valence-electron chi connectivity index (χ3n) is 1.49. The zero-order valence-corrected chi connectivity index (χ0v) is 10.1. The van der Waals surface area contributed by atoms with Crippen LogP contribution in [0.2, 0.25) is 0 Å². The predicted molar refractivity (Wildman–Crippen MR) is 58.0 cm³/mol. The van der Waals surface area contributed by atoms with Crippen LogP contribution in [0.25, 0.3) is 0 Å². The number of nitrogens with zero attached hydrogens (tertiary/aromatic N) is 1. The largest absolute Gasteiger partial charge is 0.375 e. The Morgan fingerprint density at radius 2 is 2.08 bits per heavy atom. The maximum absolute atomic E-state index is 11.8. The van der Waals surface area contributed by atoms with E-state index in [2.05, 4.69) is 20.9 Å². The molecule has 0 atom stereocenters. The number of anilines is 1. The highest BCUT2D eigenvalue weighted by Gasteiger charge is 2.27. The average molecular weight is 263 g/mol. The number of nitrogens with two attached hydrogens (primary N) is 1. The molecule has 13 heavy (non-hydrogen) atoms. The summed E-state index contributed by atoms with van der Waals surface area (Å²) in [6.07, 6.45) is 0. The lowest BCUT2D eigenvalue weighted by atomic mass is 9.90. The molecule has 0 fully saturated rings. The molecule has 1 heterocycles. The van der Waals surface area contributed by atoms with E-state index in [0.29, 0.717) is 14.6 Å². The molecular formula is C8H11BrN2OS. The van der Waals surface area contributed by atoms with Crippen molar-refractivity contribution in [2.45, 2.75) is 20.8 Å². The summed E-state index contributed by atoms with van der Waals surface area (Å²) in [4.78, 5) is 16.3. The lowest BCUT2D eigenvalue weighted by Gasteiger charge is -2.14. The number of rotatable bonds is 1. The minimum absolute atomic E-state index is 0.0635. The van der Waals surface area contributed by atoms with Crippen molar-refractivity contribution in [1.29, 1.82) is 0 Å². The van der Waals surface area contributed by atoms with Gasteiger partial charge in [0.15, 0.2) is 10.9 Å². The molecule has 0 unspecified atom stereocenters. The lowest BCUT2D eigenvalue weighted by Crippen LogP contribution is -2.19. The minimum atomic E-state index is -0.387. The normalized spacial score (nSPS) is 11.7. The number of carbonyl (C=O) groups is 1. The standard InChI is InChI=1S/C8H11BrN2OS/c1-8(2,3)5(12)4-6(9)11-7(10)13-4/h1-3H3,(H2,10,11). The highest BCUT2D eigenvalue weighted by atomic mass is 79.9. The molecule has 0 saturated carbocycles. The number of nitrogen functional groups attached to an aromatic ring is 1. The van der Waals surface area contributed by atoms with Crippen LogP contribution in [0.15, 0.2) is 4.60 Å². The summed E-state index contributed by atoms with van der Waals surface area (Å²) < 4.78 is 0.551. The molecule has 1 aromatic rings. The van der Waals surface area contributed by atoms with E-state index in [1.807, 2.05) is 20.8 Å². The Kier molecular flexibility index (Phi) is 2.77. The van der Waals surface area contributed by atoms with Gasteiger partial charge in [-0.1, -0.05) is 32.1 Å². The van der Waals surface area contributed by atoms with Crippen molar-refractivity contribution in [1.82, 2.24) is 4.98 Å². The van der Waals surface area contributed by atoms with E-state index >= 15 is 0 Å². The number of hydrogen-bond donors (Lipinski definition) is 1. The Balaban J connectivity index is 3.09. The molecule has 2 N–H and O–H groups in total. The molecule has 5 heteroatoms. The number of thiazole rings is 1. The SMILES string of the molecule is CC(C)(C)C(=O)c1sc(N)nc1Br. The Morgan fingerprint density at radius 1 is 1.54 bits per heavy atom. The number of Topliss-reactive ketones (excluding diaryl/α,β-unsaturated/α-hetero) is 1. The summed E-state index contributed by atoms with van der Waals surface area (Å²) in [5, 5.41) is 0.416. The molecule has 0 amide bonds. The van der Waals surface area contributed by atoms with Gasteiger partial charge < -0.3 is 5.73 Å². The summed E-state index contributed by atoms with van der Waals surface area (Å²) in [7, 11) is 0. The van der Waals surface area contributed by atoms with Crippen molar-refractivity contribution in [3.8, 4) is 0 Å². The Hall–Kier alpha value is -0.420. The van der Waals surface area contributed by atoms with Gasteiger partial charge in [-0.2, -0.15) is 0 Å². The van der Waals surface area contributed by atoms with Crippen molar-refractivity contribution >= 4 is 38.2 Å². The van der Waals surface area contributed by atoms with Crippen molar-refractivity contribution in [3.05, 3.63) is 9.48 Å². The van der Waals surface area contributed by atoms with E-state index < -0.39 is 0 Å². The van der Waals surface area contributed by atoms with Crippen LogP contribution in [0.3, 0.4) is 0 Å². The number of aromatic nitrogens is 1. The van der Waals surface area contributed by atoms with Gasteiger partial charge in [-0.15, -0.1) is 0 Å². The lowest BCUT2D eigenvalue weighted by molar-refractivity contribution is 0.0862. The van der Waals surface area contributed by atoms with E-state index in [-0.39, 0.29) is 11.2 Å². The highest BCUT2D eigenvalue weighted by Crippen LogP contribution is 2.31. The molecule has 0 saturated heterocycles. The second kappa shape index (κ2) is 3.38. The van der Waals surface area contributed by atoms with Gasteiger partial charge in [0.05, 0.1) is 0 Å². The maximum atomic E-state index is 11.8. The molecule has 0 bridgehead atoms. The second-order valence-electron chi connectivity index (χ2n) is 3.75. The second-order valence-corrected chi connectivity index (χ2v) is 5.53. The van der Waals surface area contributed by atoms with Gasteiger partial charge in [-0.3, -0.25) is 4.79 Å². The summed E-state index contributed by atoms with van der Waals surface area (Å²) in [5.41, 5.74) is 5.10. The van der Waals surface area contributed by atoms with Gasteiger partial charge in [-0.05, 0) is 15.9 Å². The predicted octanol–water partition coefficient (Wildman–Crippen LogP) is 2.72. The number of carbonyl (C=O) groups excluding carboxylic acids is 1. The van der Waals surface area contributed by atoms with Gasteiger partial charge in [0.25, 0.3) is 0 Å². The molecule has 0 spiro atoms. The fourth-order valence-corrected chi connectivity index (χ4v) is 2.40. The first-order valence-electron chi connectivity index (χ1n) is 3.79. The molecule has 0 radical (unpaired) electrons. The van der Waals surface area contributed by atoms with Gasteiger partial charge in [-0.25, -0.2) is 4.98 Å². The first-order chi connectivity index (χ1) is 5.82. The molecule has 0 aliphatic carbocycles. The maximum Gasteiger partial charge on any atom is 0.181 e. The van der Waals surface area contributed by atoms with Crippen LogP contribution in [-0.2, 0) is 0 Å². The van der Waals surface area contributed by atoms with Gasteiger partial charge in [0.2, 0.25) is 0 Å². The van der Waals surface area contributed by atoms with Crippen molar-refractivity contribution in [3.63, 3.8) is 0 Å². The summed E-state index contributed by atoms with van der Waals surface area (Å²) in [6.45, 7) is 5.62. The quantitative estimate of drug-likeness (QED) is 0.792. The third kappa shape index (κ3) is 2.28. The Bertz CT molecular complexity index is 340. The smallest absolute Gasteiger partial charge is 0.181 e. The van der Waals surface area contributed by atoms with E-state index in [0.717, 1.165) is 0 Å². The number of halogens is 1. The average Bonchev–Trinajstić information content (AvgIpc) is 2.26. The highest BCUT2D eigenvalue weighted by molar-refractivity contribution is 9.10. The van der Waals surface area contributed by atoms with Crippen LogP contribution in [0.5, 0.6) is 0 Å². The van der Waals surface area contributed by atoms with Crippen LogP contribution in [0.1, 0.15) is 30.4 Å². The van der Waals surface area contributed by atoms with E-state index in [9.17, 15) is 4.79 Å². The third-order valence-corrected chi connectivity index (χ3v) is 3.21. The van der Waals surface area contributed by atoms with Crippen LogP contribution >= 0.6 is 27.3 Å². The first kappa shape index (κ1) is 10.7. The van der Waals surface area contributed by atoms with Crippen LogP contribution in [0, 0.1) is 5.41 Å². The molecule has 1 rings (SSSR count). The molecule has 1 aromatic heterocycles. The minimum Gasteiger partial charge on any atom is -0.375 e. The number of hydrogen-bond acceptors (Lipinski definition) is 4. The molecular weight excluding hydrogens is 252 g/mol. The van der Waals surface area contributed by atoms with Crippen molar-refractivity contribution in [2.24, 2.45) is 5.41 Å². The van der Waals surface area contributed by atoms with Gasteiger partial charge in [0.1, 0.15) is 9.48 Å². The number of ketones is 1. The summed E-state index contributed by atoms with van der Waals surface area (Å²) >= 11 is 4.43. The Labute approximate surface area is 89.5 Å². The fraction of sp³-hybridized carbons (Fsp3) is 0.500. The molecule has 0 aromatic carbocycles. The van der Waals surface area contributed by atoms with Crippen LogP contribution < -0.4 is 5.73 Å². The van der Waals surface area contributed by atoms with Crippen molar-refractivity contribution < 1.29 is 4.79 Å².